The summed E-state index contributed by atoms with van der Waals surface area (Å²) in [6.45, 7) is 4.34. The van der Waals surface area contributed by atoms with Crippen molar-refractivity contribution in [3.63, 3.8) is 0 Å². The van der Waals surface area contributed by atoms with Crippen LogP contribution in [-0.4, -0.2) is 29.9 Å². The summed E-state index contributed by atoms with van der Waals surface area (Å²) in [4.78, 5) is 23.4. The molecule has 4 N–H and O–H groups in total. The molecule has 1 saturated carbocycles. The molecule has 112 valence electrons. The van der Waals surface area contributed by atoms with Gasteiger partial charge >= 0.3 is 0 Å². The van der Waals surface area contributed by atoms with Crippen molar-refractivity contribution < 1.29 is 9.59 Å². The molecule has 0 aromatic carbocycles. The van der Waals surface area contributed by atoms with Crippen molar-refractivity contribution in [2.75, 3.05) is 6.54 Å². The van der Waals surface area contributed by atoms with E-state index in [9.17, 15) is 9.59 Å². The van der Waals surface area contributed by atoms with Gasteiger partial charge in [0.15, 0.2) is 0 Å². The van der Waals surface area contributed by atoms with E-state index in [0.29, 0.717) is 13.0 Å². The lowest BCUT2D eigenvalue weighted by Gasteiger charge is -2.22. The van der Waals surface area contributed by atoms with E-state index in [0.717, 1.165) is 32.1 Å². The van der Waals surface area contributed by atoms with Crippen molar-refractivity contribution in [1.82, 2.24) is 10.6 Å². The van der Waals surface area contributed by atoms with Crippen molar-refractivity contribution in [3.8, 4) is 0 Å². The van der Waals surface area contributed by atoms with Crippen LogP contribution in [0.4, 0.5) is 0 Å². The number of carbonyl (C=O) groups is 2. The molecular formula is C13H26ClN3O2. The van der Waals surface area contributed by atoms with Crippen molar-refractivity contribution >= 4 is 24.2 Å². The molecule has 1 fully saturated rings. The van der Waals surface area contributed by atoms with E-state index in [2.05, 4.69) is 10.6 Å². The van der Waals surface area contributed by atoms with Gasteiger partial charge in [-0.1, -0.05) is 19.8 Å². The van der Waals surface area contributed by atoms with Crippen LogP contribution in [0.3, 0.4) is 0 Å². The number of amides is 2. The standard InChI is InChI=1S/C13H25N3O2.ClH/c1-3-10(2)16-11(17)6-9-15-12(18)13(14)7-4-5-8-13;/h10H,3-9,14H2,1-2H3,(H,15,18)(H,16,17);1H. The molecule has 0 aromatic heterocycles. The summed E-state index contributed by atoms with van der Waals surface area (Å²) in [5.74, 6) is -0.140. The van der Waals surface area contributed by atoms with Crippen LogP contribution >= 0.6 is 12.4 Å². The van der Waals surface area contributed by atoms with Gasteiger partial charge in [0, 0.05) is 19.0 Å². The molecular weight excluding hydrogens is 266 g/mol. The van der Waals surface area contributed by atoms with Gasteiger partial charge in [-0.3, -0.25) is 9.59 Å². The Morgan fingerprint density at radius 3 is 2.42 bits per heavy atom. The molecule has 5 nitrogen and oxygen atoms in total. The minimum atomic E-state index is -0.701. The minimum Gasteiger partial charge on any atom is -0.354 e. The highest BCUT2D eigenvalue weighted by Crippen LogP contribution is 2.27. The lowest BCUT2D eigenvalue weighted by molar-refractivity contribution is -0.126. The molecule has 0 aromatic rings. The topological polar surface area (TPSA) is 84.2 Å². The first-order valence-electron chi connectivity index (χ1n) is 6.84. The van der Waals surface area contributed by atoms with Gasteiger partial charge in [0.05, 0.1) is 5.54 Å². The number of rotatable bonds is 6. The maximum absolute atomic E-state index is 11.9. The van der Waals surface area contributed by atoms with E-state index in [1.807, 2.05) is 13.8 Å². The van der Waals surface area contributed by atoms with Gasteiger partial charge in [-0.15, -0.1) is 12.4 Å². The van der Waals surface area contributed by atoms with Gasteiger partial charge in [0.25, 0.3) is 0 Å². The van der Waals surface area contributed by atoms with Crippen molar-refractivity contribution in [2.24, 2.45) is 5.73 Å². The number of halogens is 1. The third-order valence-electron chi connectivity index (χ3n) is 3.61. The Labute approximate surface area is 121 Å². The van der Waals surface area contributed by atoms with Gasteiger partial charge in [0.2, 0.25) is 11.8 Å². The summed E-state index contributed by atoms with van der Waals surface area (Å²) >= 11 is 0. The average Bonchev–Trinajstić information content (AvgIpc) is 2.77. The Morgan fingerprint density at radius 1 is 1.32 bits per heavy atom. The maximum Gasteiger partial charge on any atom is 0.240 e. The zero-order valence-corrected chi connectivity index (χ0v) is 12.6. The number of carbonyl (C=O) groups excluding carboxylic acids is 2. The van der Waals surface area contributed by atoms with Gasteiger partial charge in [-0.05, 0) is 26.2 Å². The van der Waals surface area contributed by atoms with Gasteiger partial charge in [-0.2, -0.15) is 0 Å². The van der Waals surface area contributed by atoms with Crippen LogP contribution in [0.15, 0.2) is 0 Å². The first-order chi connectivity index (χ1) is 8.48. The summed E-state index contributed by atoms with van der Waals surface area (Å²) in [5, 5.41) is 5.62. The predicted octanol–water partition coefficient (Wildman–Crippen LogP) is 1.10. The largest absolute Gasteiger partial charge is 0.354 e. The zero-order valence-electron chi connectivity index (χ0n) is 11.8. The van der Waals surface area contributed by atoms with Crippen LogP contribution in [0, 0.1) is 0 Å². The summed E-state index contributed by atoms with van der Waals surface area (Å²) < 4.78 is 0. The third-order valence-corrected chi connectivity index (χ3v) is 3.61. The predicted molar refractivity (Wildman–Crippen MR) is 78.2 cm³/mol. The quantitative estimate of drug-likeness (QED) is 0.685. The molecule has 6 heteroatoms. The van der Waals surface area contributed by atoms with Gasteiger partial charge in [0.1, 0.15) is 0 Å². The van der Waals surface area contributed by atoms with Crippen LogP contribution in [-0.2, 0) is 9.59 Å². The number of nitrogens with one attached hydrogen (secondary N) is 2. The normalized spacial score (nSPS) is 18.3. The Morgan fingerprint density at radius 2 is 1.89 bits per heavy atom. The van der Waals surface area contributed by atoms with Crippen molar-refractivity contribution in [2.45, 2.75) is 64.0 Å². The first-order valence-corrected chi connectivity index (χ1v) is 6.84. The fraction of sp³-hybridized carbons (Fsp3) is 0.846. The van der Waals surface area contributed by atoms with Crippen molar-refractivity contribution in [1.29, 1.82) is 0 Å². The Bertz CT molecular complexity index is 304. The van der Waals surface area contributed by atoms with E-state index in [1.165, 1.54) is 0 Å². The molecule has 0 spiro atoms. The van der Waals surface area contributed by atoms with E-state index >= 15 is 0 Å². The number of hydrogen-bond donors (Lipinski definition) is 3. The first kappa shape index (κ1) is 18.2. The van der Waals surface area contributed by atoms with Crippen molar-refractivity contribution in [3.05, 3.63) is 0 Å². The van der Waals surface area contributed by atoms with E-state index in [1.54, 1.807) is 0 Å². The summed E-state index contributed by atoms with van der Waals surface area (Å²) in [5.41, 5.74) is 5.31. The fourth-order valence-corrected chi connectivity index (χ4v) is 2.15. The third kappa shape index (κ3) is 5.78. The highest BCUT2D eigenvalue weighted by atomic mass is 35.5. The highest BCUT2D eigenvalue weighted by Gasteiger charge is 2.36. The molecule has 1 rings (SSSR count). The lowest BCUT2D eigenvalue weighted by Crippen LogP contribution is -2.52. The monoisotopic (exact) mass is 291 g/mol. The van der Waals surface area contributed by atoms with Crippen LogP contribution in [0.5, 0.6) is 0 Å². The fourth-order valence-electron chi connectivity index (χ4n) is 2.15. The van der Waals surface area contributed by atoms with Crippen LogP contribution in [0.2, 0.25) is 0 Å². The Hall–Kier alpha value is -0.810. The Balaban J connectivity index is 0.00000324. The summed E-state index contributed by atoms with van der Waals surface area (Å²) in [6.07, 6.45) is 4.74. The minimum absolute atomic E-state index is 0. The van der Waals surface area contributed by atoms with Gasteiger partial charge < -0.3 is 16.4 Å². The zero-order chi connectivity index (χ0) is 13.6. The van der Waals surface area contributed by atoms with E-state index in [4.69, 9.17) is 5.73 Å². The molecule has 2 amide bonds. The number of hydrogen-bond acceptors (Lipinski definition) is 3. The molecule has 1 aliphatic carbocycles. The second kappa shape index (κ2) is 8.38. The Kier molecular flexibility index (Phi) is 8.02. The molecule has 1 aliphatic rings. The van der Waals surface area contributed by atoms with Crippen LogP contribution in [0.25, 0.3) is 0 Å². The van der Waals surface area contributed by atoms with Crippen LogP contribution < -0.4 is 16.4 Å². The molecule has 1 unspecified atom stereocenters. The molecule has 1 atom stereocenters. The molecule has 0 saturated heterocycles. The second-order valence-corrected chi connectivity index (χ2v) is 5.25. The molecule has 19 heavy (non-hydrogen) atoms. The van der Waals surface area contributed by atoms with E-state index < -0.39 is 5.54 Å². The summed E-state index contributed by atoms with van der Waals surface area (Å²) in [7, 11) is 0. The maximum atomic E-state index is 11.9. The number of nitrogens with two attached hydrogens (primary N) is 1. The second-order valence-electron chi connectivity index (χ2n) is 5.25. The molecule has 0 heterocycles. The highest BCUT2D eigenvalue weighted by molar-refractivity contribution is 5.87. The molecule has 0 bridgehead atoms. The lowest BCUT2D eigenvalue weighted by atomic mass is 9.98. The SMILES string of the molecule is CCC(C)NC(=O)CCNC(=O)C1(N)CCCC1.Cl. The van der Waals surface area contributed by atoms with Crippen LogP contribution in [0.1, 0.15) is 52.4 Å². The summed E-state index contributed by atoms with van der Waals surface area (Å²) in [6, 6.07) is 0.184. The van der Waals surface area contributed by atoms with E-state index in [-0.39, 0.29) is 30.3 Å². The molecule has 0 aliphatic heterocycles. The van der Waals surface area contributed by atoms with Gasteiger partial charge in [-0.25, -0.2) is 0 Å². The molecule has 0 radical (unpaired) electrons. The average molecular weight is 292 g/mol. The smallest absolute Gasteiger partial charge is 0.240 e.